The number of pyridine rings is 1. The summed E-state index contributed by atoms with van der Waals surface area (Å²) in [4.78, 5) is 17.1. The molecule has 1 aliphatic rings. The smallest absolute Gasteiger partial charge is 0.270 e. The standard InChI is InChI=1S/C21H23F2N5O3S/c1-12-4-7-19(25-10-12)28-20(21(29)24-2)15-8-14(13-5-6-13)17(9-16(15)26-28)27(11-18(22)23)32(3,30)31/h4,7-10,13,18H,5-6,11H2,1-3H3,(H,24,29). The highest BCUT2D eigenvalue weighted by molar-refractivity contribution is 7.92. The number of nitrogens with one attached hydrogen (secondary N) is 1. The molecule has 0 radical (unpaired) electrons. The molecule has 0 saturated heterocycles. The zero-order chi connectivity index (χ0) is 23.2. The van der Waals surface area contributed by atoms with Crippen molar-refractivity contribution in [3.63, 3.8) is 0 Å². The molecule has 2 heterocycles. The minimum Gasteiger partial charge on any atom is -0.354 e. The molecule has 1 aliphatic carbocycles. The summed E-state index contributed by atoms with van der Waals surface area (Å²) in [6.07, 6.45) is 1.33. The molecule has 170 valence electrons. The van der Waals surface area contributed by atoms with Crippen molar-refractivity contribution in [2.75, 3.05) is 24.2 Å². The number of nitrogens with zero attached hydrogens (tertiary/aromatic N) is 4. The number of carbonyl (C=O) groups excluding carboxylic acids is 1. The summed E-state index contributed by atoms with van der Waals surface area (Å²) in [6, 6.07) is 6.73. The Bertz CT molecular complexity index is 1290. The van der Waals surface area contributed by atoms with Crippen molar-refractivity contribution < 1.29 is 22.0 Å². The molecule has 0 unspecified atom stereocenters. The number of amides is 1. The number of aryl methyl sites for hydroxylation is 1. The molecule has 3 aromatic rings. The summed E-state index contributed by atoms with van der Waals surface area (Å²) < 4.78 is 53.4. The van der Waals surface area contributed by atoms with E-state index in [1.54, 1.807) is 18.3 Å². The van der Waals surface area contributed by atoms with Gasteiger partial charge in [0.25, 0.3) is 12.3 Å². The Labute approximate surface area is 184 Å². The minimum atomic E-state index is -3.96. The highest BCUT2D eigenvalue weighted by Gasteiger charge is 2.33. The SMILES string of the molecule is CNC(=O)c1c2cc(C3CC3)c(N(CC(F)F)S(C)(=O)=O)cc2nn1-c1ccc(C)cn1. The summed E-state index contributed by atoms with van der Waals surface area (Å²) in [7, 11) is -2.47. The van der Waals surface area contributed by atoms with Crippen molar-refractivity contribution in [1.82, 2.24) is 20.1 Å². The van der Waals surface area contributed by atoms with Gasteiger partial charge in [-0.25, -0.2) is 26.9 Å². The van der Waals surface area contributed by atoms with Gasteiger partial charge in [-0.1, -0.05) is 6.07 Å². The van der Waals surface area contributed by atoms with E-state index in [9.17, 15) is 22.0 Å². The van der Waals surface area contributed by atoms with Crippen LogP contribution in [0.3, 0.4) is 0 Å². The van der Waals surface area contributed by atoms with Crippen LogP contribution in [0.5, 0.6) is 0 Å². The quantitative estimate of drug-likeness (QED) is 0.581. The van der Waals surface area contributed by atoms with Crippen LogP contribution < -0.4 is 9.62 Å². The number of fused-ring (bicyclic) bond motifs is 1. The van der Waals surface area contributed by atoms with E-state index in [2.05, 4.69) is 15.4 Å². The van der Waals surface area contributed by atoms with Crippen molar-refractivity contribution in [2.24, 2.45) is 0 Å². The largest absolute Gasteiger partial charge is 0.354 e. The molecular formula is C21H23F2N5O3S. The average Bonchev–Trinajstić information content (AvgIpc) is 3.51. The summed E-state index contributed by atoms with van der Waals surface area (Å²) in [5.41, 5.74) is 2.28. The lowest BCUT2D eigenvalue weighted by Gasteiger charge is -2.24. The molecule has 0 spiro atoms. The van der Waals surface area contributed by atoms with Crippen LogP contribution in [0.1, 0.15) is 40.4 Å². The topological polar surface area (TPSA) is 97.2 Å². The Balaban J connectivity index is 1.99. The van der Waals surface area contributed by atoms with Gasteiger partial charge in [0, 0.05) is 18.6 Å². The third kappa shape index (κ3) is 4.16. The van der Waals surface area contributed by atoms with Gasteiger partial charge in [0.15, 0.2) is 5.82 Å². The molecule has 32 heavy (non-hydrogen) atoms. The van der Waals surface area contributed by atoms with Crippen LogP contribution >= 0.6 is 0 Å². The van der Waals surface area contributed by atoms with E-state index >= 15 is 0 Å². The van der Waals surface area contributed by atoms with Crippen molar-refractivity contribution >= 4 is 32.5 Å². The van der Waals surface area contributed by atoms with E-state index in [1.807, 2.05) is 13.0 Å². The third-order valence-corrected chi connectivity index (χ3v) is 6.51. The van der Waals surface area contributed by atoms with Crippen LogP contribution in [0, 0.1) is 6.92 Å². The Morgan fingerprint density at radius 2 is 2.03 bits per heavy atom. The van der Waals surface area contributed by atoms with Gasteiger partial charge in [-0.2, -0.15) is 5.10 Å². The molecule has 0 atom stereocenters. The van der Waals surface area contributed by atoms with Crippen LogP contribution in [-0.2, 0) is 10.0 Å². The zero-order valence-electron chi connectivity index (χ0n) is 17.8. The van der Waals surface area contributed by atoms with E-state index < -0.39 is 28.9 Å². The molecule has 1 saturated carbocycles. The van der Waals surface area contributed by atoms with Crippen molar-refractivity contribution in [3.8, 4) is 5.82 Å². The lowest BCUT2D eigenvalue weighted by Crippen LogP contribution is -2.35. The second-order valence-electron chi connectivity index (χ2n) is 7.92. The van der Waals surface area contributed by atoms with Gasteiger partial charge in [0.1, 0.15) is 5.69 Å². The lowest BCUT2D eigenvalue weighted by molar-refractivity contribution is 0.0957. The Morgan fingerprint density at radius 1 is 1.31 bits per heavy atom. The monoisotopic (exact) mass is 463 g/mol. The summed E-state index contributed by atoms with van der Waals surface area (Å²) in [6.45, 7) is 0.930. The van der Waals surface area contributed by atoms with Crippen LogP contribution in [0.25, 0.3) is 16.7 Å². The first-order chi connectivity index (χ1) is 15.1. The molecule has 0 aliphatic heterocycles. The maximum absolute atomic E-state index is 13.2. The van der Waals surface area contributed by atoms with Gasteiger partial charge in [0.2, 0.25) is 10.0 Å². The van der Waals surface area contributed by atoms with Gasteiger partial charge in [-0.3, -0.25) is 9.10 Å². The van der Waals surface area contributed by atoms with Gasteiger partial charge in [0.05, 0.1) is 24.0 Å². The van der Waals surface area contributed by atoms with E-state index in [0.29, 0.717) is 22.3 Å². The highest BCUT2D eigenvalue weighted by Crippen LogP contribution is 2.46. The summed E-state index contributed by atoms with van der Waals surface area (Å²) in [5.74, 6) is 0.0547. The Morgan fingerprint density at radius 3 is 2.56 bits per heavy atom. The number of sulfonamides is 1. The van der Waals surface area contributed by atoms with Crippen LogP contribution in [0.15, 0.2) is 30.5 Å². The maximum Gasteiger partial charge on any atom is 0.270 e. The predicted molar refractivity (Wildman–Crippen MR) is 117 cm³/mol. The molecule has 8 nitrogen and oxygen atoms in total. The van der Waals surface area contributed by atoms with Crippen molar-refractivity contribution in [1.29, 1.82) is 0 Å². The van der Waals surface area contributed by atoms with Gasteiger partial charge >= 0.3 is 0 Å². The molecule has 1 N–H and O–H groups in total. The normalized spacial score (nSPS) is 14.2. The number of aromatic nitrogens is 3. The first-order valence-corrected chi connectivity index (χ1v) is 11.9. The van der Waals surface area contributed by atoms with Crippen molar-refractivity contribution in [3.05, 3.63) is 47.3 Å². The molecule has 11 heteroatoms. The number of carbonyl (C=O) groups is 1. The van der Waals surface area contributed by atoms with Crippen molar-refractivity contribution in [2.45, 2.75) is 32.1 Å². The highest BCUT2D eigenvalue weighted by atomic mass is 32.2. The molecule has 1 aromatic carbocycles. The van der Waals surface area contributed by atoms with Crippen LogP contribution in [0.4, 0.5) is 14.5 Å². The lowest BCUT2D eigenvalue weighted by atomic mass is 10.0. The fourth-order valence-electron chi connectivity index (χ4n) is 3.70. The van der Waals surface area contributed by atoms with Crippen LogP contribution in [-0.4, -0.2) is 55.4 Å². The summed E-state index contributed by atoms with van der Waals surface area (Å²) in [5, 5.41) is 7.59. The predicted octanol–water partition coefficient (Wildman–Crippen LogP) is 3.00. The van der Waals surface area contributed by atoms with E-state index in [4.69, 9.17) is 0 Å². The number of rotatable bonds is 7. The second-order valence-corrected chi connectivity index (χ2v) is 9.83. The summed E-state index contributed by atoms with van der Waals surface area (Å²) >= 11 is 0. The fourth-order valence-corrected chi connectivity index (χ4v) is 4.60. The average molecular weight is 464 g/mol. The Hall–Kier alpha value is -3.08. The first-order valence-electron chi connectivity index (χ1n) is 10.1. The molecule has 0 bridgehead atoms. The molecular weight excluding hydrogens is 440 g/mol. The van der Waals surface area contributed by atoms with E-state index in [1.165, 1.54) is 17.8 Å². The maximum atomic E-state index is 13.2. The fraction of sp³-hybridized carbons (Fsp3) is 0.381. The number of hydrogen-bond acceptors (Lipinski definition) is 5. The molecule has 2 aromatic heterocycles. The number of benzene rings is 1. The van der Waals surface area contributed by atoms with E-state index in [-0.39, 0.29) is 17.3 Å². The van der Waals surface area contributed by atoms with Gasteiger partial charge in [-0.15, -0.1) is 0 Å². The second kappa shape index (κ2) is 8.12. The number of anilines is 1. The zero-order valence-corrected chi connectivity index (χ0v) is 18.7. The number of hydrogen-bond donors (Lipinski definition) is 1. The van der Waals surface area contributed by atoms with Crippen LogP contribution in [0.2, 0.25) is 0 Å². The van der Waals surface area contributed by atoms with E-state index in [0.717, 1.165) is 29.0 Å². The molecule has 1 amide bonds. The third-order valence-electron chi connectivity index (χ3n) is 5.36. The molecule has 4 rings (SSSR count). The van der Waals surface area contributed by atoms with Gasteiger partial charge in [-0.05, 0) is 55.0 Å². The Kier molecular flexibility index (Phi) is 5.61. The number of halogens is 2. The number of alkyl halides is 2. The molecule has 1 fully saturated rings. The minimum absolute atomic E-state index is 0.0368. The first kappa shape index (κ1) is 22.1. The van der Waals surface area contributed by atoms with Gasteiger partial charge < -0.3 is 5.32 Å².